The minimum Gasteiger partial charge on any atom is -0.465 e. The van der Waals surface area contributed by atoms with Crippen molar-refractivity contribution in [2.45, 2.75) is 39.8 Å². The van der Waals surface area contributed by atoms with Crippen molar-refractivity contribution < 1.29 is 9.53 Å². The Balaban J connectivity index is 2.21. The van der Waals surface area contributed by atoms with Gasteiger partial charge in [0.1, 0.15) is 6.54 Å². The molecule has 0 atom stereocenters. The Bertz CT molecular complexity index is 412. The van der Waals surface area contributed by atoms with E-state index in [1.54, 1.807) is 4.68 Å². The van der Waals surface area contributed by atoms with E-state index in [2.05, 4.69) is 17.3 Å². The van der Waals surface area contributed by atoms with Crippen molar-refractivity contribution in [3.63, 3.8) is 0 Å². The average Bonchev–Trinajstić information content (AvgIpc) is 2.66. The second-order valence-electron chi connectivity index (χ2n) is 4.11. The second kappa shape index (κ2) is 5.31. The fraction of sp³-hybridized carbons (Fsp3) is 0.667. The van der Waals surface area contributed by atoms with Gasteiger partial charge in [0.15, 0.2) is 0 Å². The highest BCUT2D eigenvalue weighted by atomic mass is 16.5. The molecule has 0 aromatic carbocycles. The molecule has 17 heavy (non-hydrogen) atoms. The van der Waals surface area contributed by atoms with Gasteiger partial charge < -0.3 is 10.1 Å². The van der Waals surface area contributed by atoms with Crippen LogP contribution in [-0.4, -0.2) is 28.9 Å². The summed E-state index contributed by atoms with van der Waals surface area (Å²) in [5, 5.41) is 7.86. The van der Waals surface area contributed by atoms with Crippen LogP contribution in [0.5, 0.6) is 0 Å². The summed E-state index contributed by atoms with van der Waals surface area (Å²) in [4.78, 5) is 11.5. The van der Waals surface area contributed by atoms with Gasteiger partial charge in [0, 0.05) is 30.8 Å². The lowest BCUT2D eigenvalue weighted by atomic mass is 10.1. The highest BCUT2D eigenvalue weighted by Gasteiger charge is 2.20. The molecule has 0 saturated carbocycles. The van der Waals surface area contributed by atoms with Crippen LogP contribution in [0.3, 0.4) is 0 Å². The maximum Gasteiger partial charge on any atom is 0.327 e. The van der Waals surface area contributed by atoms with Crippen LogP contribution in [0.25, 0.3) is 0 Å². The summed E-state index contributed by atoms with van der Waals surface area (Å²) in [7, 11) is 0. The first kappa shape index (κ1) is 12.1. The van der Waals surface area contributed by atoms with Crippen LogP contribution in [0.1, 0.15) is 30.8 Å². The fourth-order valence-corrected chi connectivity index (χ4v) is 2.27. The van der Waals surface area contributed by atoms with Crippen molar-refractivity contribution in [2.75, 3.05) is 13.2 Å². The number of carbonyl (C=O) groups is 1. The van der Waals surface area contributed by atoms with Crippen LogP contribution < -0.4 is 5.32 Å². The Morgan fingerprint density at radius 2 is 2.35 bits per heavy atom. The van der Waals surface area contributed by atoms with E-state index in [0.717, 1.165) is 37.3 Å². The van der Waals surface area contributed by atoms with E-state index in [4.69, 9.17) is 4.74 Å². The van der Waals surface area contributed by atoms with Crippen molar-refractivity contribution in [1.82, 2.24) is 15.1 Å². The number of ether oxygens (including phenoxy) is 1. The number of fused-ring (bicyclic) bond motifs is 1. The molecule has 0 aliphatic carbocycles. The standard InChI is InChI=1S/C12H19N3O2/c1-3-11-9-7-13-6-5-10(9)14-15(11)8-12(16)17-4-2/h13H,3-8H2,1-2H3. The summed E-state index contributed by atoms with van der Waals surface area (Å²) in [6.45, 7) is 6.38. The Hall–Kier alpha value is -1.36. The highest BCUT2D eigenvalue weighted by Crippen LogP contribution is 2.18. The number of hydrogen-bond donors (Lipinski definition) is 1. The molecule has 2 heterocycles. The van der Waals surface area contributed by atoms with Crippen LogP contribution >= 0.6 is 0 Å². The van der Waals surface area contributed by atoms with Gasteiger partial charge in [0.05, 0.1) is 12.3 Å². The van der Waals surface area contributed by atoms with Crippen molar-refractivity contribution in [2.24, 2.45) is 0 Å². The molecular weight excluding hydrogens is 218 g/mol. The first-order valence-corrected chi connectivity index (χ1v) is 6.20. The summed E-state index contributed by atoms with van der Waals surface area (Å²) in [5.74, 6) is -0.213. The van der Waals surface area contributed by atoms with E-state index in [1.165, 1.54) is 5.56 Å². The van der Waals surface area contributed by atoms with Crippen molar-refractivity contribution >= 4 is 5.97 Å². The zero-order valence-corrected chi connectivity index (χ0v) is 10.5. The van der Waals surface area contributed by atoms with Gasteiger partial charge in [0.25, 0.3) is 0 Å². The first-order chi connectivity index (χ1) is 8.26. The summed E-state index contributed by atoms with van der Waals surface area (Å²) in [5.41, 5.74) is 3.55. The molecule has 2 rings (SSSR count). The third-order valence-electron chi connectivity index (χ3n) is 3.01. The van der Waals surface area contributed by atoms with Crippen molar-refractivity contribution in [1.29, 1.82) is 0 Å². The maximum absolute atomic E-state index is 11.5. The number of nitrogens with zero attached hydrogens (tertiary/aromatic N) is 2. The molecule has 1 aromatic heterocycles. The molecule has 0 fully saturated rings. The zero-order valence-electron chi connectivity index (χ0n) is 10.5. The molecule has 0 radical (unpaired) electrons. The summed E-state index contributed by atoms with van der Waals surface area (Å²) in [6, 6.07) is 0. The van der Waals surface area contributed by atoms with E-state index in [0.29, 0.717) is 6.61 Å². The number of esters is 1. The number of carbonyl (C=O) groups excluding carboxylic acids is 1. The van der Waals surface area contributed by atoms with Crippen LogP contribution in [0.2, 0.25) is 0 Å². The van der Waals surface area contributed by atoms with Crippen LogP contribution in [-0.2, 0) is 35.5 Å². The molecule has 0 amide bonds. The van der Waals surface area contributed by atoms with Gasteiger partial charge in [-0.2, -0.15) is 5.10 Å². The second-order valence-corrected chi connectivity index (χ2v) is 4.11. The fourth-order valence-electron chi connectivity index (χ4n) is 2.27. The highest BCUT2D eigenvalue weighted by molar-refractivity contribution is 5.69. The third-order valence-corrected chi connectivity index (χ3v) is 3.01. The molecule has 0 bridgehead atoms. The van der Waals surface area contributed by atoms with E-state index in [-0.39, 0.29) is 12.5 Å². The molecule has 0 saturated heterocycles. The zero-order chi connectivity index (χ0) is 12.3. The van der Waals surface area contributed by atoms with Crippen LogP contribution in [0.15, 0.2) is 0 Å². The topological polar surface area (TPSA) is 56.2 Å². The molecule has 1 aromatic rings. The smallest absolute Gasteiger partial charge is 0.327 e. The number of nitrogens with one attached hydrogen (secondary N) is 1. The lowest BCUT2D eigenvalue weighted by molar-refractivity contribution is -0.144. The Morgan fingerprint density at radius 1 is 1.53 bits per heavy atom. The SMILES string of the molecule is CCOC(=O)Cn1nc2c(c1CC)CNCC2. The largest absolute Gasteiger partial charge is 0.465 e. The van der Waals surface area contributed by atoms with E-state index < -0.39 is 0 Å². The van der Waals surface area contributed by atoms with Gasteiger partial charge >= 0.3 is 5.97 Å². The molecule has 0 unspecified atom stereocenters. The third kappa shape index (κ3) is 2.49. The van der Waals surface area contributed by atoms with Crippen LogP contribution in [0.4, 0.5) is 0 Å². The minimum atomic E-state index is -0.213. The minimum absolute atomic E-state index is 0.213. The quantitative estimate of drug-likeness (QED) is 0.781. The molecular formula is C12H19N3O2. The monoisotopic (exact) mass is 237 g/mol. The lowest BCUT2D eigenvalue weighted by Crippen LogP contribution is -2.23. The van der Waals surface area contributed by atoms with Crippen LogP contribution in [0, 0.1) is 0 Å². The molecule has 5 heteroatoms. The van der Waals surface area contributed by atoms with Crippen molar-refractivity contribution in [3.8, 4) is 0 Å². The van der Waals surface area contributed by atoms with Gasteiger partial charge in [-0.05, 0) is 13.3 Å². The molecule has 1 aliphatic rings. The van der Waals surface area contributed by atoms with Crippen molar-refractivity contribution in [3.05, 3.63) is 17.0 Å². The molecule has 1 aliphatic heterocycles. The van der Waals surface area contributed by atoms with E-state index in [1.807, 2.05) is 6.92 Å². The molecule has 0 spiro atoms. The summed E-state index contributed by atoms with van der Waals surface area (Å²) < 4.78 is 6.76. The number of aromatic nitrogens is 2. The normalized spacial score (nSPS) is 14.5. The van der Waals surface area contributed by atoms with E-state index >= 15 is 0 Å². The first-order valence-electron chi connectivity index (χ1n) is 6.20. The maximum atomic E-state index is 11.5. The Kier molecular flexibility index (Phi) is 3.78. The van der Waals surface area contributed by atoms with Gasteiger partial charge in [-0.3, -0.25) is 9.48 Å². The number of rotatable bonds is 4. The average molecular weight is 237 g/mol. The van der Waals surface area contributed by atoms with Gasteiger partial charge in [-0.1, -0.05) is 6.92 Å². The summed E-state index contributed by atoms with van der Waals surface area (Å²) in [6.07, 6.45) is 1.83. The van der Waals surface area contributed by atoms with Gasteiger partial charge in [-0.25, -0.2) is 0 Å². The number of hydrogen-bond acceptors (Lipinski definition) is 4. The Labute approximate surface area is 101 Å². The van der Waals surface area contributed by atoms with Gasteiger partial charge in [0.2, 0.25) is 0 Å². The predicted octanol–water partition coefficient (Wildman–Crippen LogP) is 0.654. The molecule has 5 nitrogen and oxygen atoms in total. The van der Waals surface area contributed by atoms with Gasteiger partial charge in [-0.15, -0.1) is 0 Å². The molecule has 94 valence electrons. The lowest BCUT2D eigenvalue weighted by Gasteiger charge is -2.12. The Morgan fingerprint density at radius 3 is 3.06 bits per heavy atom. The predicted molar refractivity (Wildman–Crippen MR) is 63.6 cm³/mol. The molecule has 1 N–H and O–H groups in total. The summed E-state index contributed by atoms with van der Waals surface area (Å²) >= 11 is 0. The van der Waals surface area contributed by atoms with E-state index in [9.17, 15) is 4.79 Å².